The minimum Gasteiger partial charge on any atom is -0.505 e. The van der Waals surface area contributed by atoms with Crippen molar-refractivity contribution in [1.29, 1.82) is 0 Å². The van der Waals surface area contributed by atoms with Crippen LogP contribution in [0.4, 0.5) is 8.78 Å². The van der Waals surface area contributed by atoms with Crippen LogP contribution in [0.1, 0.15) is 11.1 Å². The van der Waals surface area contributed by atoms with Gasteiger partial charge >= 0.3 is 0 Å². The number of benzene rings is 2. The number of phenols is 1. The molecule has 2 rings (SSSR count). The molecular formula is C17H19F2N3O. The molecule has 3 N–H and O–H groups in total. The molecule has 0 fully saturated rings. The first-order valence-corrected chi connectivity index (χ1v) is 7.25. The molecule has 0 amide bonds. The topological polar surface area (TPSA) is 56.7 Å². The van der Waals surface area contributed by atoms with Gasteiger partial charge in [-0.15, -0.1) is 0 Å². The van der Waals surface area contributed by atoms with Gasteiger partial charge in [-0.25, -0.2) is 8.78 Å². The summed E-state index contributed by atoms with van der Waals surface area (Å²) in [4.78, 5) is 4.07. The first kappa shape index (κ1) is 16.7. The second-order valence-electron chi connectivity index (χ2n) is 5.02. The molecular weight excluding hydrogens is 300 g/mol. The summed E-state index contributed by atoms with van der Waals surface area (Å²) < 4.78 is 26.3. The smallest absolute Gasteiger partial charge is 0.191 e. The molecule has 0 aliphatic heterocycles. The fraction of sp³-hybridized carbons (Fsp3) is 0.235. The molecule has 23 heavy (non-hydrogen) atoms. The highest BCUT2D eigenvalue weighted by Crippen LogP contribution is 2.15. The molecule has 122 valence electrons. The Kier molecular flexibility index (Phi) is 5.91. The standard InChI is InChI=1S/C17H19F2N3O/c1-20-17(21-8-7-12-3-2-4-14(18)9-12)22-11-13-5-6-16(23)15(19)10-13/h2-6,9-10,23H,7-8,11H2,1H3,(H2,20,21,22). The van der Waals surface area contributed by atoms with Gasteiger partial charge in [-0.3, -0.25) is 4.99 Å². The van der Waals surface area contributed by atoms with Crippen LogP contribution in [-0.2, 0) is 13.0 Å². The van der Waals surface area contributed by atoms with Crippen LogP contribution in [0, 0.1) is 11.6 Å². The van der Waals surface area contributed by atoms with Crippen LogP contribution in [0.15, 0.2) is 47.5 Å². The zero-order valence-corrected chi connectivity index (χ0v) is 12.8. The van der Waals surface area contributed by atoms with E-state index in [1.54, 1.807) is 19.2 Å². The zero-order valence-electron chi connectivity index (χ0n) is 12.8. The van der Waals surface area contributed by atoms with E-state index in [9.17, 15) is 8.78 Å². The van der Waals surface area contributed by atoms with Crippen LogP contribution in [0.2, 0.25) is 0 Å². The van der Waals surface area contributed by atoms with Crippen molar-refractivity contribution >= 4 is 5.96 Å². The van der Waals surface area contributed by atoms with E-state index in [-0.39, 0.29) is 11.6 Å². The third-order valence-electron chi connectivity index (χ3n) is 3.29. The predicted molar refractivity (Wildman–Crippen MR) is 86.4 cm³/mol. The van der Waals surface area contributed by atoms with Gasteiger partial charge in [0.2, 0.25) is 0 Å². The average molecular weight is 319 g/mol. The second-order valence-corrected chi connectivity index (χ2v) is 5.02. The number of rotatable bonds is 5. The Labute approximate surface area is 133 Å². The van der Waals surface area contributed by atoms with E-state index >= 15 is 0 Å². The van der Waals surface area contributed by atoms with Gasteiger partial charge in [0.1, 0.15) is 5.82 Å². The van der Waals surface area contributed by atoms with Crippen molar-refractivity contribution < 1.29 is 13.9 Å². The van der Waals surface area contributed by atoms with Gasteiger partial charge in [-0.2, -0.15) is 0 Å². The van der Waals surface area contributed by atoms with E-state index < -0.39 is 5.82 Å². The summed E-state index contributed by atoms with van der Waals surface area (Å²) >= 11 is 0. The maximum atomic E-state index is 13.3. The molecule has 0 aliphatic rings. The van der Waals surface area contributed by atoms with Gasteiger partial charge in [0, 0.05) is 20.1 Å². The summed E-state index contributed by atoms with van der Waals surface area (Å²) in [6.07, 6.45) is 0.659. The Morgan fingerprint density at radius 1 is 1.09 bits per heavy atom. The Balaban J connectivity index is 1.80. The number of nitrogens with one attached hydrogen (secondary N) is 2. The van der Waals surface area contributed by atoms with Gasteiger partial charge in [0.15, 0.2) is 17.5 Å². The van der Waals surface area contributed by atoms with Gasteiger partial charge in [-0.05, 0) is 41.8 Å². The lowest BCUT2D eigenvalue weighted by atomic mass is 10.1. The third-order valence-corrected chi connectivity index (χ3v) is 3.29. The Hall–Kier alpha value is -2.63. The quantitative estimate of drug-likeness (QED) is 0.586. The monoisotopic (exact) mass is 319 g/mol. The van der Waals surface area contributed by atoms with Gasteiger partial charge in [-0.1, -0.05) is 18.2 Å². The minimum atomic E-state index is -0.654. The number of aromatic hydroxyl groups is 1. The Bertz CT molecular complexity index is 689. The van der Waals surface area contributed by atoms with Crippen molar-refractivity contribution in [1.82, 2.24) is 10.6 Å². The molecule has 2 aromatic rings. The highest BCUT2D eigenvalue weighted by Gasteiger charge is 2.03. The molecule has 0 aliphatic carbocycles. The number of aliphatic imine (C=N–C) groups is 1. The van der Waals surface area contributed by atoms with Gasteiger partial charge in [0.05, 0.1) is 0 Å². The number of halogens is 2. The molecule has 0 radical (unpaired) electrons. The van der Waals surface area contributed by atoms with E-state index in [0.717, 1.165) is 5.56 Å². The molecule has 0 atom stereocenters. The lowest BCUT2D eigenvalue weighted by Crippen LogP contribution is -2.37. The number of hydrogen-bond acceptors (Lipinski definition) is 2. The normalized spacial score (nSPS) is 11.3. The van der Waals surface area contributed by atoms with Crippen molar-refractivity contribution in [2.75, 3.05) is 13.6 Å². The largest absolute Gasteiger partial charge is 0.505 e. The highest BCUT2D eigenvalue weighted by atomic mass is 19.1. The first-order chi connectivity index (χ1) is 11.1. The van der Waals surface area contributed by atoms with Gasteiger partial charge in [0.25, 0.3) is 0 Å². The fourth-order valence-corrected chi connectivity index (χ4v) is 2.08. The summed E-state index contributed by atoms with van der Waals surface area (Å²) in [5.41, 5.74) is 1.59. The highest BCUT2D eigenvalue weighted by molar-refractivity contribution is 5.79. The van der Waals surface area contributed by atoms with Crippen LogP contribution in [0.3, 0.4) is 0 Å². The fourth-order valence-electron chi connectivity index (χ4n) is 2.08. The van der Waals surface area contributed by atoms with Crippen LogP contribution in [0.5, 0.6) is 5.75 Å². The maximum absolute atomic E-state index is 13.3. The summed E-state index contributed by atoms with van der Waals surface area (Å²) in [6, 6.07) is 10.7. The summed E-state index contributed by atoms with van der Waals surface area (Å²) in [5, 5.41) is 15.3. The molecule has 4 nitrogen and oxygen atoms in total. The second kappa shape index (κ2) is 8.12. The Morgan fingerprint density at radius 2 is 1.91 bits per heavy atom. The van der Waals surface area contributed by atoms with Crippen molar-refractivity contribution in [2.24, 2.45) is 4.99 Å². The maximum Gasteiger partial charge on any atom is 0.191 e. The first-order valence-electron chi connectivity index (χ1n) is 7.25. The molecule has 0 spiro atoms. The van der Waals surface area contributed by atoms with Crippen molar-refractivity contribution in [3.63, 3.8) is 0 Å². The number of hydrogen-bond donors (Lipinski definition) is 3. The molecule has 0 unspecified atom stereocenters. The Morgan fingerprint density at radius 3 is 2.61 bits per heavy atom. The van der Waals surface area contributed by atoms with Crippen LogP contribution < -0.4 is 10.6 Å². The lowest BCUT2D eigenvalue weighted by Gasteiger charge is -2.12. The number of guanidine groups is 1. The molecule has 2 aromatic carbocycles. The minimum absolute atomic E-state index is 0.251. The van der Waals surface area contributed by atoms with Crippen molar-refractivity contribution in [3.05, 3.63) is 65.2 Å². The van der Waals surface area contributed by atoms with E-state index in [0.29, 0.717) is 31.0 Å². The molecule has 0 heterocycles. The van der Waals surface area contributed by atoms with Crippen molar-refractivity contribution in [3.8, 4) is 5.75 Å². The molecule has 0 saturated carbocycles. The van der Waals surface area contributed by atoms with Crippen LogP contribution in [0.25, 0.3) is 0 Å². The average Bonchev–Trinajstić information content (AvgIpc) is 2.54. The third kappa shape index (κ3) is 5.25. The van der Waals surface area contributed by atoms with E-state index in [4.69, 9.17) is 5.11 Å². The van der Waals surface area contributed by atoms with E-state index in [1.165, 1.54) is 24.3 Å². The van der Waals surface area contributed by atoms with E-state index in [2.05, 4.69) is 15.6 Å². The molecule has 6 heteroatoms. The SMILES string of the molecule is CN=C(NCCc1cccc(F)c1)NCc1ccc(O)c(F)c1. The molecule has 0 bridgehead atoms. The zero-order chi connectivity index (χ0) is 16.7. The van der Waals surface area contributed by atoms with E-state index in [1.807, 2.05) is 6.07 Å². The predicted octanol–water partition coefficient (Wildman–Crippen LogP) is 2.58. The molecule has 0 aromatic heterocycles. The number of nitrogens with zero attached hydrogens (tertiary/aromatic N) is 1. The van der Waals surface area contributed by atoms with Crippen LogP contribution >= 0.6 is 0 Å². The summed E-state index contributed by atoms with van der Waals surface area (Å²) in [6.45, 7) is 0.962. The van der Waals surface area contributed by atoms with Crippen molar-refractivity contribution in [2.45, 2.75) is 13.0 Å². The van der Waals surface area contributed by atoms with Gasteiger partial charge < -0.3 is 15.7 Å². The summed E-state index contributed by atoms with van der Waals surface area (Å²) in [7, 11) is 1.63. The van der Waals surface area contributed by atoms with Crippen LogP contribution in [-0.4, -0.2) is 24.7 Å². The summed E-state index contributed by atoms with van der Waals surface area (Å²) in [5.74, 6) is -0.709. The lowest BCUT2D eigenvalue weighted by molar-refractivity contribution is 0.431. The molecule has 0 saturated heterocycles. The number of phenolic OH excluding ortho intramolecular Hbond substituents is 1.